The van der Waals surface area contributed by atoms with Gasteiger partial charge in [-0.15, -0.1) is 0 Å². The van der Waals surface area contributed by atoms with Gasteiger partial charge in [-0.2, -0.15) is 0 Å². The highest BCUT2D eigenvalue weighted by molar-refractivity contribution is 6.22. The molecule has 0 aliphatic carbocycles. The van der Waals surface area contributed by atoms with Crippen LogP contribution in [0.15, 0.2) is 23.8 Å². The number of aromatic hydroxyl groups is 2. The van der Waals surface area contributed by atoms with Gasteiger partial charge in [-0.25, -0.2) is 4.79 Å². The van der Waals surface area contributed by atoms with E-state index in [2.05, 4.69) is 5.32 Å². The molecule has 1 aliphatic rings. The Morgan fingerprint density at radius 3 is 2.55 bits per heavy atom. The van der Waals surface area contributed by atoms with Crippen molar-refractivity contribution in [1.82, 2.24) is 5.32 Å². The summed E-state index contributed by atoms with van der Waals surface area (Å²) in [6.45, 7) is 0.524. The van der Waals surface area contributed by atoms with Crippen LogP contribution in [-0.4, -0.2) is 33.7 Å². The van der Waals surface area contributed by atoms with Crippen molar-refractivity contribution in [1.29, 1.82) is 0 Å². The molecular formula is C14H15NO5. The summed E-state index contributed by atoms with van der Waals surface area (Å²) in [5.74, 6) is -2.39. The number of aliphatic carboxylic acids is 1. The van der Waals surface area contributed by atoms with Crippen LogP contribution in [0, 0.1) is 0 Å². The summed E-state index contributed by atoms with van der Waals surface area (Å²) in [5.41, 5.74) is 0.250. The number of hydrogen-bond donors (Lipinski definition) is 4. The fourth-order valence-corrected chi connectivity index (χ4v) is 2.19. The lowest BCUT2D eigenvalue weighted by Crippen LogP contribution is -2.25. The van der Waals surface area contributed by atoms with Crippen LogP contribution in [0.3, 0.4) is 0 Å². The van der Waals surface area contributed by atoms with Crippen LogP contribution in [0.5, 0.6) is 11.5 Å². The SMILES string of the molecule is O=C1NCCCC/C1=C(/C(=O)O)c1ccc(O)c(O)c1. The second kappa shape index (κ2) is 5.64. The zero-order chi connectivity index (χ0) is 14.7. The van der Waals surface area contributed by atoms with Crippen molar-refractivity contribution < 1.29 is 24.9 Å². The number of rotatable bonds is 2. The smallest absolute Gasteiger partial charge is 0.336 e. The fourth-order valence-electron chi connectivity index (χ4n) is 2.19. The van der Waals surface area contributed by atoms with Gasteiger partial charge in [-0.05, 0) is 37.0 Å². The molecule has 0 spiro atoms. The van der Waals surface area contributed by atoms with Crippen molar-refractivity contribution in [3.05, 3.63) is 29.3 Å². The van der Waals surface area contributed by atoms with Gasteiger partial charge in [0.1, 0.15) is 0 Å². The zero-order valence-electron chi connectivity index (χ0n) is 10.7. The van der Waals surface area contributed by atoms with Crippen LogP contribution in [0.25, 0.3) is 5.57 Å². The molecule has 1 amide bonds. The van der Waals surface area contributed by atoms with Crippen LogP contribution in [-0.2, 0) is 9.59 Å². The number of carboxylic acids is 1. The van der Waals surface area contributed by atoms with Gasteiger partial charge >= 0.3 is 5.97 Å². The number of phenols is 2. The molecule has 1 fully saturated rings. The summed E-state index contributed by atoms with van der Waals surface area (Å²) < 4.78 is 0. The monoisotopic (exact) mass is 277 g/mol. The molecule has 0 unspecified atom stereocenters. The standard InChI is InChI=1S/C14H15NO5/c16-10-5-4-8(7-11(10)17)12(14(19)20)9-3-1-2-6-15-13(9)18/h4-5,7,16-17H,1-3,6H2,(H,15,18)(H,19,20)/b12-9-. The van der Waals surface area contributed by atoms with Crippen molar-refractivity contribution >= 4 is 17.4 Å². The first-order valence-electron chi connectivity index (χ1n) is 6.27. The molecule has 20 heavy (non-hydrogen) atoms. The number of benzene rings is 1. The van der Waals surface area contributed by atoms with Gasteiger partial charge in [0, 0.05) is 12.1 Å². The molecule has 4 N–H and O–H groups in total. The molecule has 0 bridgehead atoms. The third-order valence-electron chi connectivity index (χ3n) is 3.19. The highest BCUT2D eigenvalue weighted by Gasteiger charge is 2.24. The van der Waals surface area contributed by atoms with Gasteiger partial charge in [0.15, 0.2) is 11.5 Å². The highest BCUT2D eigenvalue weighted by atomic mass is 16.4. The number of carbonyl (C=O) groups excluding carboxylic acids is 1. The first-order valence-corrected chi connectivity index (χ1v) is 6.27. The van der Waals surface area contributed by atoms with Gasteiger partial charge in [0.05, 0.1) is 5.57 Å². The number of carbonyl (C=O) groups is 2. The van der Waals surface area contributed by atoms with Crippen molar-refractivity contribution in [3.63, 3.8) is 0 Å². The minimum atomic E-state index is -1.23. The molecule has 6 heteroatoms. The summed E-state index contributed by atoms with van der Waals surface area (Å²) in [6.07, 6.45) is 1.88. The van der Waals surface area contributed by atoms with Gasteiger partial charge in [0.2, 0.25) is 5.91 Å². The minimum Gasteiger partial charge on any atom is -0.504 e. The molecule has 6 nitrogen and oxygen atoms in total. The number of carboxylic acid groups (broad SMARTS) is 1. The Labute approximate surface area is 115 Å². The summed E-state index contributed by atoms with van der Waals surface area (Å²) in [4.78, 5) is 23.4. The van der Waals surface area contributed by atoms with E-state index in [0.29, 0.717) is 13.0 Å². The van der Waals surface area contributed by atoms with E-state index in [1.807, 2.05) is 0 Å². The average Bonchev–Trinajstić information content (AvgIpc) is 2.59. The average molecular weight is 277 g/mol. The Morgan fingerprint density at radius 1 is 1.15 bits per heavy atom. The van der Waals surface area contributed by atoms with Crippen LogP contribution in [0.2, 0.25) is 0 Å². The Morgan fingerprint density at radius 2 is 1.90 bits per heavy atom. The Kier molecular flexibility index (Phi) is 3.93. The van der Waals surface area contributed by atoms with E-state index in [-0.39, 0.29) is 22.5 Å². The molecule has 1 aliphatic heterocycles. The summed E-state index contributed by atoms with van der Waals surface area (Å²) in [6, 6.07) is 3.70. The van der Waals surface area contributed by atoms with E-state index in [0.717, 1.165) is 18.9 Å². The number of amides is 1. The third kappa shape index (κ3) is 2.74. The van der Waals surface area contributed by atoms with E-state index in [1.165, 1.54) is 12.1 Å². The van der Waals surface area contributed by atoms with Crippen molar-refractivity contribution in [3.8, 4) is 11.5 Å². The van der Waals surface area contributed by atoms with E-state index < -0.39 is 17.6 Å². The fraction of sp³-hybridized carbons (Fsp3) is 0.286. The predicted octanol–water partition coefficient (Wildman–Crippen LogP) is 1.24. The predicted molar refractivity (Wildman–Crippen MR) is 71.2 cm³/mol. The molecule has 1 aromatic rings. The maximum Gasteiger partial charge on any atom is 0.336 e. The molecule has 1 aromatic carbocycles. The second-order valence-corrected chi connectivity index (χ2v) is 4.58. The summed E-state index contributed by atoms with van der Waals surface area (Å²) in [5, 5.41) is 30.8. The summed E-state index contributed by atoms with van der Waals surface area (Å²) in [7, 11) is 0. The molecule has 0 aromatic heterocycles. The van der Waals surface area contributed by atoms with Gasteiger partial charge in [-0.3, -0.25) is 4.79 Å². The molecule has 0 radical (unpaired) electrons. The van der Waals surface area contributed by atoms with Gasteiger partial charge in [0.25, 0.3) is 0 Å². The van der Waals surface area contributed by atoms with Crippen molar-refractivity contribution in [2.24, 2.45) is 0 Å². The van der Waals surface area contributed by atoms with Gasteiger partial charge in [-0.1, -0.05) is 6.07 Å². The van der Waals surface area contributed by atoms with Crippen molar-refractivity contribution in [2.75, 3.05) is 6.54 Å². The topological polar surface area (TPSA) is 107 Å². The Hall–Kier alpha value is -2.50. The zero-order valence-corrected chi connectivity index (χ0v) is 10.7. The van der Waals surface area contributed by atoms with Crippen molar-refractivity contribution in [2.45, 2.75) is 19.3 Å². The Bertz CT molecular complexity index is 591. The second-order valence-electron chi connectivity index (χ2n) is 4.58. The number of nitrogens with one attached hydrogen (secondary N) is 1. The van der Waals surface area contributed by atoms with E-state index in [4.69, 9.17) is 0 Å². The molecular weight excluding hydrogens is 262 g/mol. The van der Waals surface area contributed by atoms with E-state index >= 15 is 0 Å². The maximum absolute atomic E-state index is 11.9. The van der Waals surface area contributed by atoms with E-state index in [1.54, 1.807) is 0 Å². The first kappa shape index (κ1) is 13.9. The molecule has 106 valence electrons. The van der Waals surface area contributed by atoms with Gasteiger partial charge < -0.3 is 20.6 Å². The molecule has 1 heterocycles. The lowest BCUT2D eigenvalue weighted by atomic mass is 9.96. The van der Waals surface area contributed by atoms with Crippen LogP contribution >= 0.6 is 0 Å². The lowest BCUT2D eigenvalue weighted by Gasteiger charge is -2.10. The molecule has 0 atom stereocenters. The van der Waals surface area contributed by atoms with E-state index in [9.17, 15) is 24.9 Å². The van der Waals surface area contributed by atoms with Crippen LogP contribution in [0.1, 0.15) is 24.8 Å². The minimum absolute atomic E-state index is 0.139. The number of hydrogen-bond acceptors (Lipinski definition) is 4. The maximum atomic E-state index is 11.9. The summed E-state index contributed by atoms with van der Waals surface area (Å²) >= 11 is 0. The van der Waals surface area contributed by atoms with Crippen LogP contribution in [0.4, 0.5) is 0 Å². The molecule has 0 saturated carbocycles. The van der Waals surface area contributed by atoms with Crippen LogP contribution < -0.4 is 5.32 Å². The first-order chi connectivity index (χ1) is 9.50. The highest BCUT2D eigenvalue weighted by Crippen LogP contribution is 2.31. The largest absolute Gasteiger partial charge is 0.504 e. The quantitative estimate of drug-likeness (QED) is 0.480. The molecule has 2 rings (SSSR count). The number of phenolic OH excluding ortho intramolecular Hbond substituents is 2. The Balaban J connectivity index is 2.57. The third-order valence-corrected chi connectivity index (χ3v) is 3.19. The normalized spacial score (nSPS) is 18.1. The molecule has 1 saturated heterocycles. The lowest BCUT2D eigenvalue weighted by molar-refractivity contribution is -0.130.